The Hall–Kier alpha value is 1.55. The number of rotatable bonds is 1. The predicted molar refractivity (Wildman–Crippen MR) is 138 cm³/mol. The van der Waals surface area contributed by atoms with Crippen LogP contribution in [0.1, 0.15) is 46.5 Å². The van der Waals surface area contributed by atoms with Gasteiger partial charge < -0.3 is 9.84 Å². The minimum atomic E-state index is -0.896. The highest BCUT2D eigenvalue weighted by molar-refractivity contribution is 9.10. The molecule has 0 amide bonds. The molecule has 1 aromatic carbocycles. The summed E-state index contributed by atoms with van der Waals surface area (Å²) in [6.07, 6.45) is 2.37. The van der Waals surface area contributed by atoms with Gasteiger partial charge in [-0.15, -0.1) is 0 Å². The van der Waals surface area contributed by atoms with Crippen LogP contribution in [-0.4, -0.2) is 11.1 Å². The van der Waals surface area contributed by atoms with Crippen LogP contribution >= 0.6 is 15.9 Å². The first-order valence-corrected chi connectivity index (χ1v) is 20.7. The smallest absolute Gasteiger partial charge is 0.336 e. The fraction of sp³-hybridized carbons (Fsp3) is 0.364. The third-order valence-electron chi connectivity index (χ3n) is 3.34. The monoisotopic (exact) mass is 620 g/mol. The Morgan fingerprint density at radius 1 is 0.962 bits per heavy atom. The second kappa shape index (κ2) is 13.0. The van der Waals surface area contributed by atoms with E-state index in [4.69, 9.17) is 9.84 Å². The van der Waals surface area contributed by atoms with Gasteiger partial charge in [0.1, 0.15) is 0 Å². The van der Waals surface area contributed by atoms with Gasteiger partial charge in [0.2, 0.25) is 0 Å². The highest BCUT2D eigenvalue weighted by Crippen LogP contribution is 2.51. The summed E-state index contributed by atoms with van der Waals surface area (Å²) < 4.78 is 6.36. The SMILES string of the molecule is O=C(O)c1cc2c(cc1Br)C1CCC2O1.S=S=S=S=S=S=S=S=S=S=S. The highest BCUT2D eigenvalue weighted by Gasteiger charge is 2.38. The van der Waals surface area contributed by atoms with Crippen molar-refractivity contribution in [3.63, 3.8) is 0 Å². The zero-order valence-electron chi connectivity index (χ0n) is 12.4. The predicted octanol–water partition coefficient (Wildman–Crippen LogP) is 3.03. The van der Waals surface area contributed by atoms with Crippen molar-refractivity contribution in [2.75, 3.05) is 0 Å². The standard InChI is InChI=1S/C11H9BrO3.S11/c12-8-4-6-5(3-7(8)11(13)14)9-1-2-10(6)15-9;1-3-5-7-9-11-10-8-6-4-2/h3-4,9-10H,1-2H2,(H,13,14);. The van der Waals surface area contributed by atoms with E-state index in [-0.39, 0.29) is 12.2 Å². The first-order valence-electron chi connectivity index (χ1n) is 6.55. The molecule has 1 aromatic rings. The zero-order chi connectivity index (χ0) is 18.9. The van der Waals surface area contributed by atoms with Gasteiger partial charge in [-0.1, -0.05) is 0 Å². The molecule has 2 aliphatic rings. The molecule has 3 nitrogen and oxygen atoms in total. The highest BCUT2D eigenvalue weighted by atomic mass is 79.9. The van der Waals surface area contributed by atoms with Gasteiger partial charge in [-0.2, -0.15) is 0 Å². The summed E-state index contributed by atoms with van der Waals surface area (Å²) >= 11 is 12.6. The van der Waals surface area contributed by atoms with E-state index in [2.05, 4.69) is 38.3 Å². The van der Waals surface area contributed by atoms with E-state index in [1.807, 2.05) is 6.07 Å². The van der Waals surface area contributed by atoms with Crippen LogP contribution in [0.25, 0.3) is 0 Å². The second-order valence-corrected chi connectivity index (χ2v) is 21.3. The van der Waals surface area contributed by atoms with E-state index >= 15 is 0 Å². The lowest BCUT2D eigenvalue weighted by molar-refractivity contribution is 0.0694. The molecule has 2 unspecified atom stereocenters. The van der Waals surface area contributed by atoms with Gasteiger partial charge in [0.25, 0.3) is 0 Å². The van der Waals surface area contributed by atoms with Gasteiger partial charge in [0, 0.05) is 107 Å². The summed E-state index contributed by atoms with van der Waals surface area (Å²) in [4.78, 5) is 11.0. The van der Waals surface area contributed by atoms with Crippen molar-refractivity contribution in [2.24, 2.45) is 0 Å². The Kier molecular flexibility index (Phi) is 11.9. The maximum absolute atomic E-state index is 11.0. The number of benzene rings is 1. The van der Waals surface area contributed by atoms with Crippen molar-refractivity contribution in [1.82, 2.24) is 0 Å². The molecule has 2 atom stereocenters. The normalized spacial score (nSPS) is 18.3. The van der Waals surface area contributed by atoms with Crippen LogP contribution in [0.5, 0.6) is 0 Å². The molecule has 144 valence electrons. The molecule has 0 aliphatic carbocycles. The minimum Gasteiger partial charge on any atom is -0.478 e. The first kappa shape index (κ1) is 23.8. The van der Waals surface area contributed by atoms with Gasteiger partial charge in [0.05, 0.1) is 17.8 Å². The number of hydrogen-bond donors (Lipinski definition) is 1. The second-order valence-electron chi connectivity index (χ2n) is 4.57. The van der Waals surface area contributed by atoms with E-state index in [0.29, 0.717) is 10.0 Å². The fourth-order valence-electron chi connectivity index (χ4n) is 2.50. The summed E-state index contributed by atoms with van der Waals surface area (Å²) in [6, 6.07) is 3.63. The number of hydrogen-bond acceptors (Lipinski definition) is 4. The molecule has 1 N–H and O–H groups in total. The van der Waals surface area contributed by atoms with E-state index in [9.17, 15) is 4.79 Å². The third-order valence-corrected chi connectivity index (χ3v) is 21.8. The van der Waals surface area contributed by atoms with Gasteiger partial charge in [-0.3, -0.25) is 0 Å². The van der Waals surface area contributed by atoms with Crippen LogP contribution in [0.3, 0.4) is 0 Å². The molecule has 26 heavy (non-hydrogen) atoms. The quantitative estimate of drug-likeness (QED) is 0.523. The van der Waals surface area contributed by atoms with Gasteiger partial charge in [0.15, 0.2) is 0 Å². The fourth-order valence-corrected chi connectivity index (χ4v) is 22.2. The van der Waals surface area contributed by atoms with Crippen molar-refractivity contribution < 1.29 is 14.6 Å². The minimum absolute atomic E-state index is 0.121. The molecule has 3 rings (SSSR count). The molecule has 2 aliphatic heterocycles. The van der Waals surface area contributed by atoms with Gasteiger partial charge >= 0.3 is 5.97 Å². The van der Waals surface area contributed by atoms with Crippen LogP contribution in [-0.2, 0) is 107 Å². The largest absolute Gasteiger partial charge is 0.478 e. The molecular formula is C11H9BrO3S11. The number of aromatic carboxylic acids is 1. The van der Waals surface area contributed by atoms with E-state index in [0.717, 1.165) is 24.0 Å². The molecule has 1 fully saturated rings. The third kappa shape index (κ3) is 7.11. The van der Waals surface area contributed by atoms with Crippen LogP contribution in [0.15, 0.2) is 16.6 Å². The number of carboxylic acids is 1. The van der Waals surface area contributed by atoms with Crippen molar-refractivity contribution in [1.29, 1.82) is 0 Å². The van der Waals surface area contributed by atoms with Crippen LogP contribution < -0.4 is 0 Å². The summed E-state index contributed by atoms with van der Waals surface area (Å²) in [6.45, 7) is 0. The zero-order valence-corrected chi connectivity index (χ0v) is 22.9. The lowest BCUT2D eigenvalue weighted by atomic mass is 9.90. The Bertz CT molecular complexity index is 1050. The lowest BCUT2D eigenvalue weighted by Crippen LogP contribution is -2.04. The molecule has 0 spiro atoms. The summed E-state index contributed by atoms with van der Waals surface area (Å²) in [5, 5.41) is 9.00. The average Bonchev–Trinajstić information content (AvgIpc) is 3.23. The lowest BCUT2D eigenvalue weighted by Gasteiger charge is -2.12. The van der Waals surface area contributed by atoms with Crippen molar-refractivity contribution in [2.45, 2.75) is 25.0 Å². The molecular weight excluding hydrogens is 613 g/mol. The Morgan fingerprint density at radius 2 is 1.42 bits per heavy atom. The maximum Gasteiger partial charge on any atom is 0.336 e. The van der Waals surface area contributed by atoms with Crippen molar-refractivity contribution in [3.05, 3.63) is 33.3 Å². The van der Waals surface area contributed by atoms with Crippen LogP contribution in [0.4, 0.5) is 0 Å². The molecule has 2 bridgehead atoms. The van der Waals surface area contributed by atoms with Crippen LogP contribution in [0.2, 0.25) is 0 Å². The van der Waals surface area contributed by atoms with Crippen molar-refractivity contribution in [3.8, 4) is 0 Å². The average molecular weight is 622 g/mol. The molecule has 1 saturated heterocycles. The Morgan fingerprint density at radius 3 is 1.88 bits per heavy atom. The first-order chi connectivity index (χ1) is 12.6. The molecule has 0 radical (unpaired) electrons. The number of carbonyl (C=O) groups is 1. The number of halogens is 1. The molecule has 0 saturated carbocycles. The Balaban J connectivity index is 0.000000199. The number of carboxylic acid groups (broad SMARTS) is 1. The number of ether oxygens (including phenoxy) is 1. The Labute approximate surface area is 194 Å². The van der Waals surface area contributed by atoms with E-state index in [1.165, 1.54) is 17.8 Å². The summed E-state index contributed by atoms with van der Waals surface area (Å²) in [7, 11) is 14.5. The van der Waals surface area contributed by atoms with Crippen molar-refractivity contribution >= 4 is 124 Å². The van der Waals surface area contributed by atoms with Gasteiger partial charge in [-0.05, 0) is 52.0 Å². The van der Waals surface area contributed by atoms with E-state index < -0.39 is 5.97 Å². The summed E-state index contributed by atoms with van der Waals surface area (Å²) in [5.74, 6) is -0.896. The maximum atomic E-state index is 11.0. The molecule has 15 heteroatoms. The summed E-state index contributed by atoms with van der Waals surface area (Å²) in [5.41, 5.74) is 2.54. The van der Waals surface area contributed by atoms with Crippen LogP contribution in [0, 0.1) is 0 Å². The number of fused-ring (bicyclic) bond motifs is 5. The van der Waals surface area contributed by atoms with Gasteiger partial charge in [-0.25, -0.2) is 4.79 Å². The molecule has 2 heterocycles. The molecule has 0 aromatic heterocycles. The van der Waals surface area contributed by atoms with E-state index in [1.54, 1.807) is 68.2 Å². The topological polar surface area (TPSA) is 46.5 Å².